The molecule has 1 aliphatic rings. The van der Waals surface area contributed by atoms with Crippen LogP contribution in [0.25, 0.3) is 11.3 Å². The first-order valence-corrected chi connectivity index (χ1v) is 11.5. The van der Waals surface area contributed by atoms with E-state index in [-0.39, 0.29) is 18.1 Å². The molecule has 0 saturated carbocycles. The zero-order chi connectivity index (χ0) is 22.8. The minimum Gasteiger partial charge on any atom is -0.460 e. The van der Waals surface area contributed by atoms with E-state index in [9.17, 15) is 4.79 Å². The van der Waals surface area contributed by atoms with Crippen LogP contribution in [-0.2, 0) is 28.8 Å². The third-order valence-corrected chi connectivity index (χ3v) is 6.20. The molecule has 0 saturated heterocycles. The highest BCUT2D eigenvalue weighted by Gasteiger charge is 2.35. The smallest absolute Gasteiger partial charge is 0.302 e. The van der Waals surface area contributed by atoms with E-state index in [1.165, 1.54) is 12.5 Å². The van der Waals surface area contributed by atoms with Crippen molar-refractivity contribution in [2.75, 3.05) is 5.32 Å². The summed E-state index contributed by atoms with van der Waals surface area (Å²) in [5.74, 6) is 0.449. The molecule has 2 aromatic carbocycles. The molecule has 0 aliphatic heterocycles. The Hall–Kier alpha value is -2.92. The SMILES string of the molecule is CCc1nc(-c2ccc(C)cc2Cl)c(CC)nc1NC1c2ccccc2CC1OC(C)=O. The molecule has 6 heteroatoms. The van der Waals surface area contributed by atoms with Gasteiger partial charge >= 0.3 is 5.97 Å². The lowest BCUT2D eigenvalue weighted by molar-refractivity contribution is -0.146. The predicted octanol–water partition coefficient (Wildman–Crippen LogP) is 5.87. The molecule has 32 heavy (non-hydrogen) atoms. The number of carbonyl (C=O) groups is 1. The van der Waals surface area contributed by atoms with E-state index in [0.717, 1.165) is 46.0 Å². The summed E-state index contributed by atoms with van der Waals surface area (Å²) in [6.07, 6.45) is 1.83. The quantitative estimate of drug-likeness (QED) is 0.476. The number of nitrogens with one attached hydrogen (secondary N) is 1. The van der Waals surface area contributed by atoms with Crippen molar-refractivity contribution in [2.24, 2.45) is 0 Å². The van der Waals surface area contributed by atoms with Crippen molar-refractivity contribution in [3.05, 3.63) is 75.6 Å². The Bertz CT molecular complexity index is 1160. The van der Waals surface area contributed by atoms with Crippen molar-refractivity contribution in [1.29, 1.82) is 0 Å². The fourth-order valence-electron chi connectivity index (χ4n) is 4.34. The van der Waals surface area contributed by atoms with E-state index in [4.69, 9.17) is 26.3 Å². The standard InChI is InChI=1S/C26H28ClN3O2/c1-5-21-24(19-12-11-15(3)13-20(19)27)28-22(6-2)26(29-21)30-25-18-10-8-7-9-17(18)14-23(25)32-16(4)31/h7-13,23,25H,5-6,14H2,1-4H3,(H,29,30). The second-order valence-corrected chi connectivity index (χ2v) is 8.58. The summed E-state index contributed by atoms with van der Waals surface area (Å²) in [5.41, 5.74) is 6.88. The van der Waals surface area contributed by atoms with Gasteiger partial charge in [-0.3, -0.25) is 4.79 Å². The van der Waals surface area contributed by atoms with Gasteiger partial charge in [-0.1, -0.05) is 61.8 Å². The van der Waals surface area contributed by atoms with Crippen LogP contribution in [-0.4, -0.2) is 22.0 Å². The Balaban J connectivity index is 1.75. The average Bonchev–Trinajstić information content (AvgIpc) is 3.10. The molecule has 1 heterocycles. The number of ether oxygens (including phenoxy) is 1. The summed E-state index contributed by atoms with van der Waals surface area (Å²) in [7, 11) is 0. The summed E-state index contributed by atoms with van der Waals surface area (Å²) < 4.78 is 5.66. The van der Waals surface area contributed by atoms with Crippen LogP contribution in [0, 0.1) is 6.92 Å². The number of anilines is 1. The zero-order valence-electron chi connectivity index (χ0n) is 18.9. The Morgan fingerprint density at radius 1 is 1.12 bits per heavy atom. The van der Waals surface area contributed by atoms with Crippen LogP contribution >= 0.6 is 11.6 Å². The number of rotatable bonds is 6. The number of hydrogen-bond donors (Lipinski definition) is 1. The summed E-state index contributed by atoms with van der Waals surface area (Å²) in [6.45, 7) is 7.60. The lowest BCUT2D eigenvalue weighted by Crippen LogP contribution is -2.27. The molecule has 0 spiro atoms. The summed E-state index contributed by atoms with van der Waals surface area (Å²) in [4.78, 5) is 21.7. The van der Waals surface area contributed by atoms with Crippen LogP contribution in [0.2, 0.25) is 5.02 Å². The number of fused-ring (bicyclic) bond motifs is 1. The molecule has 3 aromatic rings. The van der Waals surface area contributed by atoms with Crippen LogP contribution in [0.4, 0.5) is 5.82 Å². The molecule has 0 radical (unpaired) electrons. The Morgan fingerprint density at radius 2 is 1.88 bits per heavy atom. The van der Waals surface area contributed by atoms with Crippen molar-refractivity contribution in [3.8, 4) is 11.3 Å². The monoisotopic (exact) mass is 449 g/mol. The Kier molecular flexibility index (Phi) is 6.47. The average molecular weight is 450 g/mol. The van der Waals surface area contributed by atoms with Crippen molar-refractivity contribution in [1.82, 2.24) is 9.97 Å². The van der Waals surface area contributed by atoms with E-state index in [0.29, 0.717) is 17.9 Å². The van der Waals surface area contributed by atoms with Gasteiger partial charge in [0.25, 0.3) is 0 Å². The second-order valence-electron chi connectivity index (χ2n) is 8.18. The molecule has 2 unspecified atom stereocenters. The van der Waals surface area contributed by atoms with Gasteiger partial charge in [-0.2, -0.15) is 0 Å². The van der Waals surface area contributed by atoms with Gasteiger partial charge in [0, 0.05) is 18.9 Å². The van der Waals surface area contributed by atoms with Crippen LogP contribution in [0.1, 0.15) is 54.9 Å². The maximum atomic E-state index is 11.7. The number of hydrogen-bond acceptors (Lipinski definition) is 5. The number of aromatic nitrogens is 2. The van der Waals surface area contributed by atoms with Crippen molar-refractivity contribution < 1.29 is 9.53 Å². The highest BCUT2D eigenvalue weighted by atomic mass is 35.5. The second kappa shape index (κ2) is 9.29. The topological polar surface area (TPSA) is 64.1 Å². The Morgan fingerprint density at radius 3 is 2.56 bits per heavy atom. The number of carbonyl (C=O) groups excluding carboxylic acids is 1. The minimum atomic E-state index is -0.285. The molecular formula is C26H28ClN3O2. The van der Waals surface area contributed by atoms with Gasteiger partial charge in [-0.25, -0.2) is 9.97 Å². The van der Waals surface area contributed by atoms with Gasteiger partial charge in [-0.05, 0) is 42.5 Å². The first-order valence-electron chi connectivity index (χ1n) is 11.1. The first-order chi connectivity index (χ1) is 15.4. The number of halogens is 1. The zero-order valence-corrected chi connectivity index (χ0v) is 19.7. The number of aryl methyl sites for hydroxylation is 3. The molecule has 1 aliphatic carbocycles. The highest BCUT2D eigenvalue weighted by molar-refractivity contribution is 6.33. The number of esters is 1. The largest absolute Gasteiger partial charge is 0.460 e. The third kappa shape index (κ3) is 4.35. The van der Waals surface area contributed by atoms with Crippen molar-refractivity contribution >= 4 is 23.4 Å². The number of nitrogens with zero attached hydrogens (tertiary/aromatic N) is 2. The van der Waals surface area contributed by atoms with E-state index >= 15 is 0 Å². The van der Waals surface area contributed by atoms with Crippen LogP contribution in [0.3, 0.4) is 0 Å². The van der Waals surface area contributed by atoms with E-state index in [1.807, 2.05) is 37.3 Å². The summed E-state index contributed by atoms with van der Waals surface area (Å²) in [6, 6.07) is 14.0. The predicted molar refractivity (Wildman–Crippen MR) is 128 cm³/mol. The van der Waals surface area contributed by atoms with Crippen molar-refractivity contribution in [2.45, 2.75) is 59.1 Å². The highest BCUT2D eigenvalue weighted by Crippen LogP contribution is 2.37. The lowest BCUT2D eigenvalue weighted by atomic mass is 10.0. The fraction of sp³-hybridized carbons (Fsp3) is 0.346. The molecule has 4 rings (SSSR count). The number of benzene rings is 2. The third-order valence-electron chi connectivity index (χ3n) is 5.88. The molecule has 166 valence electrons. The summed E-state index contributed by atoms with van der Waals surface area (Å²) >= 11 is 6.56. The minimum absolute atomic E-state index is 0.173. The van der Waals surface area contributed by atoms with Crippen LogP contribution in [0.15, 0.2) is 42.5 Å². The van der Waals surface area contributed by atoms with Gasteiger partial charge in [0.1, 0.15) is 11.9 Å². The lowest BCUT2D eigenvalue weighted by Gasteiger charge is -2.24. The van der Waals surface area contributed by atoms with Crippen LogP contribution < -0.4 is 5.32 Å². The van der Waals surface area contributed by atoms with E-state index in [2.05, 4.69) is 31.3 Å². The Labute approximate surface area is 194 Å². The molecule has 0 bridgehead atoms. The molecule has 0 fully saturated rings. The maximum Gasteiger partial charge on any atom is 0.302 e. The molecule has 2 atom stereocenters. The molecule has 1 N–H and O–H groups in total. The molecule has 1 aromatic heterocycles. The van der Waals surface area contributed by atoms with Gasteiger partial charge in [0.05, 0.1) is 28.1 Å². The normalized spacial score (nSPS) is 17.2. The maximum absolute atomic E-state index is 11.7. The first kappa shape index (κ1) is 22.3. The van der Waals surface area contributed by atoms with E-state index < -0.39 is 0 Å². The van der Waals surface area contributed by atoms with Gasteiger partial charge in [-0.15, -0.1) is 0 Å². The molecule has 0 amide bonds. The summed E-state index contributed by atoms with van der Waals surface area (Å²) in [5, 5.41) is 4.24. The molecular weight excluding hydrogens is 422 g/mol. The fourth-order valence-corrected chi connectivity index (χ4v) is 4.67. The van der Waals surface area contributed by atoms with Gasteiger partial charge < -0.3 is 10.1 Å². The van der Waals surface area contributed by atoms with Crippen LogP contribution in [0.5, 0.6) is 0 Å². The molecule has 5 nitrogen and oxygen atoms in total. The van der Waals surface area contributed by atoms with Crippen molar-refractivity contribution in [3.63, 3.8) is 0 Å². The van der Waals surface area contributed by atoms with Gasteiger partial charge in [0.2, 0.25) is 0 Å². The van der Waals surface area contributed by atoms with E-state index in [1.54, 1.807) is 0 Å². The van der Waals surface area contributed by atoms with Gasteiger partial charge in [0.15, 0.2) is 0 Å².